The second-order valence-electron chi connectivity index (χ2n) is 8.39. The molecule has 4 amide bonds. The van der Waals surface area contributed by atoms with Crippen molar-refractivity contribution in [2.75, 3.05) is 30.4 Å². The molecule has 0 bridgehead atoms. The van der Waals surface area contributed by atoms with Crippen molar-refractivity contribution in [1.29, 1.82) is 0 Å². The van der Waals surface area contributed by atoms with Gasteiger partial charge in [0.25, 0.3) is 17.1 Å². The highest BCUT2D eigenvalue weighted by Gasteiger charge is 2.36. The summed E-state index contributed by atoms with van der Waals surface area (Å²) in [6, 6.07) is 15.1. The molecule has 1 heterocycles. The number of benzene rings is 3. The van der Waals surface area contributed by atoms with Crippen molar-refractivity contribution < 1.29 is 33.0 Å². The number of carbonyl (C=O) groups is 4. The molecule has 9 nitrogen and oxygen atoms in total. The van der Waals surface area contributed by atoms with Gasteiger partial charge in [-0.25, -0.2) is 4.39 Å². The lowest BCUT2D eigenvalue weighted by molar-refractivity contribution is -0.127. The molecular weight excluding hydrogens is 641 g/mol. The summed E-state index contributed by atoms with van der Waals surface area (Å²) < 4.78 is 24.9. The Balaban J connectivity index is 1.45. The average molecular weight is 663 g/mol. The maximum Gasteiger partial charge on any atom is 0.294 e. The van der Waals surface area contributed by atoms with Gasteiger partial charge in [0.05, 0.1) is 22.2 Å². The third kappa shape index (κ3) is 7.87. The number of hydrogen-bond donors (Lipinski definition) is 2. The van der Waals surface area contributed by atoms with Crippen molar-refractivity contribution in [3.63, 3.8) is 0 Å². The minimum atomic E-state index is -0.628. The molecule has 1 aliphatic heterocycles. The largest absolute Gasteiger partial charge is 0.490 e. The number of ether oxygens (including phenoxy) is 2. The topological polar surface area (TPSA) is 114 Å². The summed E-state index contributed by atoms with van der Waals surface area (Å²) in [7, 11) is 0. The molecule has 4 rings (SSSR count). The van der Waals surface area contributed by atoms with E-state index in [0.717, 1.165) is 4.90 Å². The number of thioether (sulfide) groups is 1. The van der Waals surface area contributed by atoms with Crippen molar-refractivity contribution in [1.82, 2.24) is 4.90 Å². The van der Waals surface area contributed by atoms with Crippen LogP contribution in [0.25, 0.3) is 6.08 Å². The van der Waals surface area contributed by atoms with Gasteiger partial charge in [0.2, 0.25) is 5.91 Å². The van der Waals surface area contributed by atoms with Crippen LogP contribution in [0.5, 0.6) is 11.5 Å². The third-order valence-electron chi connectivity index (χ3n) is 5.46. The maximum absolute atomic E-state index is 13.1. The zero-order valence-electron chi connectivity index (χ0n) is 21.4. The molecule has 41 heavy (non-hydrogen) atoms. The van der Waals surface area contributed by atoms with Crippen molar-refractivity contribution in [3.05, 3.63) is 86.4 Å². The summed E-state index contributed by atoms with van der Waals surface area (Å²) in [6.45, 7) is 1.23. The molecule has 0 spiro atoms. The van der Waals surface area contributed by atoms with Crippen LogP contribution in [0.2, 0.25) is 5.02 Å². The first-order valence-corrected chi connectivity index (χ1v) is 14.1. The average Bonchev–Trinajstić information content (AvgIpc) is 3.19. The summed E-state index contributed by atoms with van der Waals surface area (Å²) in [5.74, 6) is -1.53. The Hall–Kier alpha value is -3.87. The highest BCUT2D eigenvalue weighted by Crippen LogP contribution is 2.38. The van der Waals surface area contributed by atoms with E-state index in [4.69, 9.17) is 21.1 Å². The van der Waals surface area contributed by atoms with Crippen molar-refractivity contribution in [2.24, 2.45) is 0 Å². The van der Waals surface area contributed by atoms with E-state index in [2.05, 4.69) is 26.6 Å². The summed E-state index contributed by atoms with van der Waals surface area (Å²) >= 11 is 10.2. The molecule has 0 unspecified atom stereocenters. The Bertz CT molecular complexity index is 1540. The SMILES string of the molecule is CCOc1cc(/C=C2/SC(=O)N(CC(=O)Nc3ccccc3Cl)C2=O)c(Br)cc1OCC(=O)Nc1ccc(F)cc1. The monoisotopic (exact) mass is 661 g/mol. The Kier molecular flexibility index (Phi) is 10.0. The first-order valence-electron chi connectivity index (χ1n) is 12.1. The third-order valence-corrected chi connectivity index (χ3v) is 7.38. The molecule has 0 atom stereocenters. The van der Waals surface area contributed by atoms with Gasteiger partial charge in [0, 0.05) is 10.2 Å². The second kappa shape index (κ2) is 13.7. The van der Waals surface area contributed by atoms with E-state index in [1.54, 1.807) is 43.3 Å². The van der Waals surface area contributed by atoms with Gasteiger partial charge < -0.3 is 20.1 Å². The van der Waals surface area contributed by atoms with Crippen LogP contribution in [0.3, 0.4) is 0 Å². The number of halogens is 3. The molecule has 0 saturated carbocycles. The number of para-hydroxylation sites is 1. The molecule has 1 fully saturated rings. The van der Waals surface area contributed by atoms with Crippen molar-refractivity contribution in [2.45, 2.75) is 6.92 Å². The van der Waals surface area contributed by atoms with Crippen LogP contribution in [0.15, 0.2) is 70.0 Å². The number of amides is 4. The van der Waals surface area contributed by atoms with Gasteiger partial charge in [-0.05, 0) is 78.9 Å². The number of nitrogens with one attached hydrogen (secondary N) is 2. The van der Waals surface area contributed by atoms with E-state index in [-0.39, 0.29) is 23.9 Å². The lowest BCUT2D eigenvalue weighted by Crippen LogP contribution is -2.36. The van der Waals surface area contributed by atoms with Gasteiger partial charge >= 0.3 is 0 Å². The van der Waals surface area contributed by atoms with Crippen LogP contribution in [-0.2, 0) is 14.4 Å². The highest BCUT2D eigenvalue weighted by atomic mass is 79.9. The number of anilines is 2. The van der Waals surface area contributed by atoms with Gasteiger partial charge in [-0.2, -0.15) is 0 Å². The molecular formula is C28H22BrClFN3O6S. The number of nitrogens with zero attached hydrogens (tertiary/aromatic N) is 1. The van der Waals surface area contributed by atoms with Crippen molar-refractivity contribution >= 4 is 79.7 Å². The lowest BCUT2D eigenvalue weighted by atomic mass is 10.1. The van der Waals surface area contributed by atoms with E-state index in [1.807, 2.05) is 0 Å². The molecule has 212 valence electrons. The van der Waals surface area contributed by atoms with Gasteiger partial charge in [0.15, 0.2) is 18.1 Å². The highest BCUT2D eigenvalue weighted by molar-refractivity contribution is 9.10. The minimum Gasteiger partial charge on any atom is -0.490 e. The van der Waals surface area contributed by atoms with E-state index < -0.39 is 35.3 Å². The van der Waals surface area contributed by atoms with Gasteiger partial charge in [-0.15, -0.1) is 0 Å². The molecule has 3 aromatic rings. The predicted octanol–water partition coefficient (Wildman–Crippen LogP) is 6.33. The van der Waals surface area contributed by atoms with Crippen LogP contribution >= 0.6 is 39.3 Å². The van der Waals surface area contributed by atoms with E-state index in [1.165, 1.54) is 30.3 Å². The van der Waals surface area contributed by atoms with Crippen LogP contribution in [-0.4, -0.2) is 47.6 Å². The number of hydrogen-bond acceptors (Lipinski definition) is 7. The normalized spacial score (nSPS) is 13.9. The smallest absolute Gasteiger partial charge is 0.294 e. The van der Waals surface area contributed by atoms with Crippen LogP contribution in [0, 0.1) is 5.82 Å². The van der Waals surface area contributed by atoms with Gasteiger partial charge in [-0.1, -0.05) is 39.7 Å². The van der Waals surface area contributed by atoms with Crippen LogP contribution in [0.1, 0.15) is 12.5 Å². The Labute approximate surface area is 252 Å². The zero-order chi connectivity index (χ0) is 29.5. The quantitative estimate of drug-likeness (QED) is 0.244. The van der Waals surface area contributed by atoms with Crippen LogP contribution in [0.4, 0.5) is 20.6 Å². The molecule has 0 aromatic heterocycles. The fraction of sp³-hybridized carbons (Fsp3) is 0.143. The number of rotatable bonds is 10. The molecule has 1 aliphatic rings. The molecule has 0 radical (unpaired) electrons. The van der Waals surface area contributed by atoms with Gasteiger partial charge in [0.1, 0.15) is 12.4 Å². The molecule has 3 aromatic carbocycles. The maximum atomic E-state index is 13.1. The Morgan fingerprint density at radius 2 is 1.73 bits per heavy atom. The van der Waals surface area contributed by atoms with E-state index in [9.17, 15) is 23.6 Å². The zero-order valence-corrected chi connectivity index (χ0v) is 24.6. The standard InChI is InChI=1S/C28H22BrClFN3O6S/c1-2-39-22-11-16(19(29)13-23(22)40-15-26(36)32-18-9-7-17(31)8-10-18)12-24-27(37)34(28(38)41-24)14-25(35)33-21-6-4-3-5-20(21)30/h3-13H,2,14-15H2,1H3,(H,32,36)(H,33,35)/b24-12+. The van der Waals surface area contributed by atoms with Gasteiger partial charge in [-0.3, -0.25) is 24.1 Å². The predicted molar refractivity (Wildman–Crippen MR) is 159 cm³/mol. The number of imide groups is 1. The summed E-state index contributed by atoms with van der Waals surface area (Å²) in [4.78, 5) is 51.3. The van der Waals surface area contributed by atoms with E-state index >= 15 is 0 Å². The fourth-order valence-electron chi connectivity index (χ4n) is 3.59. The summed E-state index contributed by atoms with van der Waals surface area (Å²) in [5.41, 5.74) is 1.28. The number of carbonyl (C=O) groups excluding carboxylic acids is 4. The fourth-order valence-corrected chi connectivity index (χ4v) is 5.04. The van der Waals surface area contributed by atoms with E-state index in [0.29, 0.717) is 43.9 Å². The van der Waals surface area contributed by atoms with Crippen LogP contribution < -0.4 is 20.1 Å². The first-order chi connectivity index (χ1) is 19.6. The summed E-state index contributed by atoms with van der Waals surface area (Å²) in [5, 5.41) is 4.92. The van der Waals surface area contributed by atoms with Crippen molar-refractivity contribution in [3.8, 4) is 11.5 Å². The Morgan fingerprint density at radius 3 is 2.44 bits per heavy atom. The molecule has 2 N–H and O–H groups in total. The Morgan fingerprint density at radius 1 is 1.02 bits per heavy atom. The second-order valence-corrected chi connectivity index (χ2v) is 10.6. The lowest BCUT2D eigenvalue weighted by Gasteiger charge is -2.14. The molecule has 1 saturated heterocycles. The molecule has 0 aliphatic carbocycles. The minimum absolute atomic E-state index is 0.107. The summed E-state index contributed by atoms with van der Waals surface area (Å²) in [6.07, 6.45) is 1.49. The first kappa shape index (κ1) is 30.1. The molecule has 13 heteroatoms.